The minimum absolute atomic E-state index is 0.0225. The van der Waals surface area contributed by atoms with Gasteiger partial charge in [-0.2, -0.15) is 5.10 Å². The lowest BCUT2D eigenvalue weighted by Crippen LogP contribution is -2.17. The Bertz CT molecular complexity index is 813. The average molecular weight is 306 g/mol. The minimum Gasteiger partial charge on any atom is -0.480 e. The number of nitrogens with one attached hydrogen (secondary N) is 2. The number of hydrogen-bond acceptors (Lipinski definition) is 5. The quantitative estimate of drug-likeness (QED) is 0.678. The third-order valence-electron chi connectivity index (χ3n) is 3.55. The molecule has 3 rings (SSSR count). The molecule has 1 aliphatic rings. The van der Waals surface area contributed by atoms with Crippen molar-refractivity contribution in [2.45, 2.75) is 26.3 Å². The van der Waals surface area contributed by atoms with E-state index < -0.39 is 11.9 Å². The fourth-order valence-corrected chi connectivity index (χ4v) is 2.69. The summed E-state index contributed by atoms with van der Waals surface area (Å²) < 4.78 is 6.25. The SMILES string of the molecule is CCOC(=O)c1nn(CC(=O)O)c2c1-c1[nH][nH]c(=O)c1CC2. The molecule has 0 saturated heterocycles. The van der Waals surface area contributed by atoms with E-state index in [2.05, 4.69) is 15.3 Å². The first-order chi connectivity index (χ1) is 10.5. The molecule has 0 radical (unpaired) electrons. The molecule has 116 valence electrons. The second-order valence-corrected chi connectivity index (χ2v) is 4.87. The number of ether oxygens (including phenoxy) is 1. The lowest BCUT2D eigenvalue weighted by atomic mass is 9.94. The van der Waals surface area contributed by atoms with Crippen molar-refractivity contribution in [2.24, 2.45) is 0 Å². The molecule has 0 bridgehead atoms. The Morgan fingerprint density at radius 1 is 1.36 bits per heavy atom. The molecule has 0 unspecified atom stereocenters. The summed E-state index contributed by atoms with van der Waals surface area (Å²) in [4.78, 5) is 34.8. The Morgan fingerprint density at radius 3 is 2.82 bits per heavy atom. The number of carboxylic acids is 1. The number of aromatic nitrogens is 4. The second-order valence-electron chi connectivity index (χ2n) is 4.87. The summed E-state index contributed by atoms with van der Waals surface area (Å²) in [6.07, 6.45) is 0.887. The Balaban J connectivity index is 2.20. The van der Waals surface area contributed by atoms with Gasteiger partial charge in [-0.05, 0) is 19.8 Å². The third-order valence-corrected chi connectivity index (χ3v) is 3.55. The number of aliphatic carboxylic acids is 1. The average Bonchev–Trinajstić information content (AvgIpc) is 3.00. The summed E-state index contributed by atoms with van der Waals surface area (Å²) in [7, 11) is 0. The Labute approximate surface area is 123 Å². The molecule has 9 nitrogen and oxygen atoms in total. The Morgan fingerprint density at radius 2 is 2.14 bits per heavy atom. The molecule has 0 amide bonds. The smallest absolute Gasteiger partial charge is 0.359 e. The molecule has 0 aliphatic heterocycles. The minimum atomic E-state index is -1.06. The maximum absolute atomic E-state index is 12.1. The monoisotopic (exact) mass is 306 g/mol. The zero-order valence-electron chi connectivity index (χ0n) is 11.8. The molecular weight excluding hydrogens is 292 g/mol. The number of hydrogen-bond donors (Lipinski definition) is 3. The number of H-pyrrole nitrogens is 2. The van der Waals surface area contributed by atoms with Crippen molar-refractivity contribution in [3.8, 4) is 11.3 Å². The van der Waals surface area contributed by atoms with Crippen LogP contribution in [0.5, 0.6) is 0 Å². The topological polar surface area (TPSA) is 130 Å². The van der Waals surface area contributed by atoms with E-state index >= 15 is 0 Å². The highest BCUT2D eigenvalue weighted by molar-refractivity contribution is 5.96. The van der Waals surface area contributed by atoms with E-state index in [0.29, 0.717) is 35.4 Å². The number of nitrogens with zero attached hydrogens (tertiary/aromatic N) is 2. The molecule has 2 aromatic heterocycles. The van der Waals surface area contributed by atoms with Crippen LogP contribution >= 0.6 is 0 Å². The van der Waals surface area contributed by atoms with Crippen LogP contribution in [0.4, 0.5) is 0 Å². The molecule has 1 aliphatic carbocycles. The van der Waals surface area contributed by atoms with Crippen molar-refractivity contribution in [3.05, 3.63) is 27.3 Å². The normalized spacial score (nSPS) is 12.6. The highest BCUT2D eigenvalue weighted by atomic mass is 16.5. The third kappa shape index (κ3) is 2.10. The number of esters is 1. The fourth-order valence-electron chi connectivity index (χ4n) is 2.69. The molecule has 0 fully saturated rings. The van der Waals surface area contributed by atoms with E-state index in [4.69, 9.17) is 9.84 Å². The maximum Gasteiger partial charge on any atom is 0.359 e. The standard InChI is InChI=1S/C13H14N4O5/c1-2-22-13(21)11-9-7(17(16-11)5-8(18)19)4-3-6-10(9)14-15-12(6)20/h2-5H2,1H3,(H,18,19)(H2,14,15,20). The first kappa shape index (κ1) is 14.1. The summed E-state index contributed by atoms with van der Waals surface area (Å²) >= 11 is 0. The van der Waals surface area contributed by atoms with E-state index in [1.807, 2.05) is 0 Å². The predicted octanol–water partition coefficient (Wildman–Crippen LogP) is -0.0736. The molecule has 9 heteroatoms. The van der Waals surface area contributed by atoms with Gasteiger partial charge in [0.1, 0.15) is 6.54 Å². The van der Waals surface area contributed by atoms with Gasteiger partial charge in [-0.1, -0.05) is 0 Å². The Hall–Kier alpha value is -2.84. The maximum atomic E-state index is 12.1. The van der Waals surface area contributed by atoms with Gasteiger partial charge < -0.3 is 9.84 Å². The number of carboxylic acid groups (broad SMARTS) is 1. The van der Waals surface area contributed by atoms with Gasteiger partial charge in [-0.25, -0.2) is 4.79 Å². The van der Waals surface area contributed by atoms with E-state index in [0.717, 1.165) is 0 Å². The van der Waals surface area contributed by atoms with E-state index in [9.17, 15) is 14.4 Å². The van der Waals surface area contributed by atoms with Gasteiger partial charge in [0.2, 0.25) is 0 Å². The molecule has 0 atom stereocenters. The first-order valence-electron chi connectivity index (χ1n) is 6.81. The molecule has 2 heterocycles. The molecule has 0 saturated carbocycles. The first-order valence-corrected chi connectivity index (χ1v) is 6.81. The van der Waals surface area contributed by atoms with Crippen LogP contribution in [0.25, 0.3) is 11.3 Å². The van der Waals surface area contributed by atoms with Gasteiger partial charge in [0, 0.05) is 11.3 Å². The summed E-state index contributed by atoms with van der Waals surface area (Å²) in [5, 5.41) is 18.3. The molecule has 0 aromatic carbocycles. The van der Waals surface area contributed by atoms with Gasteiger partial charge in [0.25, 0.3) is 5.56 Å². The highest BCUT2D eigenvalue weighted by Gasteiger charge is 2.32. The molecule has 22 heavy (non-hydrogen) atoms. The zero-order valence-corrected chi connectivity index (χ0v) is 11.8. The number of rotatable bonds is 4. The molecule has 0 spiro atoms. The molecule has 2 aromatic rings. The predicted molar refractivity (Wildman–Crippen MR) is 73.6 cm³/mol. The van der Waals surface area contributed by atoms with E-state index in [1.54, 1.807) is 6.92 Å². The number of aromatic amines is 2. The summed E-state index contributed by atoms with van der Waals surface area (Å²) in [6.45, 7) is 1.49. The van der Waals surface area contributed by atoms with Gasteiger partial charge in [0.15, 0.2) is 5.69 Å². The van der Waals surface area contributed by atoms with Crippen LogP contribution in [-0.4, -0.2) is 43.6 Å². The van der Waals surface area contributed by atoms with Crippen molar-refractivity contribution >= 4 is 11.9 Å². The lowest BCUT2D eigenvalue weighted by Gasteiger charge is -2.13. The number of carbonyl (C=O) groups is 2. The van der Waals surface area contributed by atoms with Crippen molar-refractivity contribution in [1.82, 2.24) is 20.0 Å². The van der Waals surface area contributed by atoms with E-state index in [1.165, 1.54) is 4.68 Å². The summed E-state index contributed by atoms with van der Waals surface area (Å²) in [6, 6.07) is 0. The largest absolute Gasteiger partial charge is 0.480 e. The van der Waals surface area contributed by atoms with Crippen LogP contribution in [0.1, 0.15) is 28.7 Å². The van der Waals surface area contributed by atoms with Gasteiger partial charge in [-0.3, -0.25) is 24.5 Å². The second kappa shape index (κ2) is 5.17. The van der Waals surface area contributed by atoms with Gasteiger partial charge in [-0.15, -0.1) is 0 Å². The van der Waals surface area contributed by atoms with Crippen LogP contribution in [0.15, 0.2) is 4.79 Å². The fraction of sp³-hybridized carbons (Fsp3) is 0.385. The zero-order chi connectivity index (χ0) is 15.9. The summed E-state index contributed by atoms with van der Waals surface area (Å²) in [5.74, 6) is -1.70. The summed E-state index contributed by atoms with van der Waals surface area (Å²) in [5.41, 5.74) is 1.84. The van der Waals surface area contributed by atoms with Crippen molar-refractivity contribution in [3.63, 3.8) is 0 Å². The highest BCUT2D eigenvalue weighted by Crippen LogP contribution is 2.33. The number of fused-ring (bicyclic) bond motifs is 3. The van der Waals surface area contributed by atoms with Crippen molar-refractivity contribution < 1.29 is 19.4 Å². The van der Waals surface area contributed by atoms with Crippen molar-refractivity contribution in [1.29, 1.82) is 0 Å². The van der Waals surface area contributed by atoms with Crippen LogP contribution in [0.3, 0.4) is 0 Å². The van der Waals surface area contributed by atoms with Crippen LogP contribution in [0, 0.1) is 0 Å². The number of carbonyl (C=O) groups excluding carboxylic acids is 1. The van der Waals surface area contributed by atoms with Crippen molar-refractivity contribution in [2.75, 3.05) is 6.61 Å². The lowest BCUT2D eigenvalue weighted by molar-refractivity contribution is -0.137. The Kier molecular flexibility index (Phi) is 3.32. The van der Waals surface area contributed by atoms with Crippen LogP contribution < -0.4 is 5.56 Å². The van der Waals surface area contributed by atoms with Gasteiger partial charge >= 0.3 is 11.9 Å². The molecular formula is C13H14N4O5. The van der Waals surface area contributed by atoms with Crippen LogP contribution in [-0.2, 0) is 28.9 Å². The van der Waals surface area contributed by atoms with Crippen LogP contribution in [0.2, 0.25) is 0 Å². The molecule has 3 N–H and O–H groups in total. The van der Waals surface area contributed by atoms with E-state index in [-0.39, 0.29) is 24.4 Å². The van der Waals surface area contributed by atoms with Gasteiger partial charge in [0.05, 0.1) is 17.9 Å².